The van der Waals surface area contributed by atoms with Gasteiger partial charge in [0.25, 0.3) is 1.43 Å². The summed E-state index contributed by atoms with van der Waals surface area (Å²) in [4.78, 5) is 0. The number of hydrogen-bond donors (Lipinski definition) is 2. The van der Waals surface area contributed by atoms with Crippen LogP contribution in [-0.2, 0) is 0 Å². The van der Waals surface area contributed by atoms with Gasteiger partial charge in [-0.05, 0) is 12.1 Å². The third kappa shape index (κ3) is 0.729. The molecule has 8 heavy (non-hydrogen) atoms. The van der Waals surface area contributed by atoms with Gasteiger partial charge in [0.15, 0.2) is 2.82 Å². The van der Waals surface area contributed by atoms with Gasteiger partial charge in [-0.25, -0.2) is 0 Å². The second-order valence-corrected chi connectivity index (χ2v) is 1.18. The molecule has 0 fully saturated rings. The van der Waals surface area contributed by atoms with Gasteiger partial charge in [0.05, 0.1) is 11.2 Å². The number of phenols is 1. The first-order valence-corrected chi connectivity index (χ1v) is 1.93. The molecular weight excluding hydrogens is 102 g/mol. The molecule has 0 aliphatic heterocycles. The van der Waals surface area contributed by atoms with Gasteiger partial charge in [-0.2, -0.15) is 0 Å². The molecule has 1 rings (SSSR count). The summed E-state index contributed by atoms with van der Waals surface area (Å²) in [6, 6.07) is -2.29. The van der Waals surface area contributed by atoms with E-state index in [0.717, 1.165) is 0 Å². The summed E-state index contributed by atoms with van der Waals surface area (Å²) >= 11 is 0. The third-order valence-corrected chi connectivity index (χ3v) is 0.635. The summed E-state index contributed by atoms with van der Waals surface area (Å²) in [6.07, 6.45) is 0. The van der Waals surface area contributed by atoms with E-state index in [1.54, 1.807) is 0 Å². The minimum atomic E-state index is -0.580. The van der Waals surface area contributed by atoms with Gasteiger partial charge < -0.3 is 10.8 Å². The van der Waals surface area contributed by atoms with Crippen LogP contribution in [0.3, 0.4) is 0 Å². The largest absolute Gasteiger partial charge is 0.506 e. The van der Waals surface area contributed by atoms with Crippen LogP contribution in [-0.4, -0.2) is 6.54 Å². The highest BCUT2D eigenvalue weighted by molar-refractivity contribution is 5.50. The molecule has 1 aromatic rings. The summed E-state index contributed by atoms with van der Waals surface area (Å²) in [5.74, 6) is -0.536. The van der Waals surface area contributed by atoms with Gasteiger partial charge in [-0.3, -0.25) is 0 Å². The van der Waals surface area contributed by atoms with E-state index in [-0.39, 0.29) is 5.72 Å². The Balaban J connectivity index is 3.62. The van der Waals surface area contributed by atoms with E-state index in [9.17, 15) is 0 Å². The van der Waals surface area contributed by atoms with Gasteiger partial charge in [0.2, 0.25) is 0 Å². The Kier molecular flexibility index (Phi) is 0.263. The van der Waals surface area contributed by atoms with Crippen molar-refractivity contribution in [1.82, 2.24) is 0 Å². The van der Waals surface area contributed by atoms with Crippen molar-refractivity contribution in [1.29, 1.82) is 1.43 Å². The molecule has 0 saturated carbocycles. The van der Waals surface area contributed by atoms with Crippen molar-refractivity contribution in [2.24, 2.45) is 0 Å². The first-order chi connectivity index (χ1) is 6.91. The van der Waals surface area contributed by atoms with Gasteiger partial charge in [0, 0.05) is 0 Å². The molecule has 42 valence electrons. The monoisotopic (exact) mass is 116 g/mol. The highest BCUT2D eigenvalue weighted by Gasteiger charge is 1.87. The number of phenolic OH excluding ortho intramolecular Hbond substituents is 1. The molecule has 0 amide bonds. The zero-order chi connectivity index (χ0) is 11.7. The fourth-order valence-electron chi connectivity index (χ4n) is 0.294. The number of rotatable bonds is 2. The fraction of sp³-hybridized carbons (Fsp3) is 0. The molecule has 0 bridgehead atoms. The maximum absolute atomic E-state index is 7.37. The second-order valence-electron chi connectivity index (χ2n) is 1.18. The van der Waals surface area contributed by atoms with Gasteiger partial charge in [-0.15, -0.1) is 0 Å². The first-order valence-electron chi connectivity index (χ1n) is 5.23. The number of para-hydroxylation sites is 2. The van der Waals surface area contributed by atoms with Crippen molar-refractivity contribution in [3.63, 3.8) is 0 Å². The average molecular weight is 116 g/mol. The minimum absolute atomic E-state index is 0.0122. The normalized spacial score (nSPS) is 20.2. The smallest absolute Gasteiger partial charge is 0.293 e. The number of nitrogen functional groups attached to an aromatic ring is 1. The molecule has 0 unspecified atom stereocenters. The number of nitrogens with two attached hydrogens (primary N) is 1. The number of hydrogen-bond acceptors (Lipinski definition) is 2. The second kappa shape index (κ2) is 1.74. The summed E-state index contributed by atoms with van der Waals surface area (Å²) in [6.45, 7) is 0. The van der Waals surface area contributed by atoms with Crippen molar-refractivity contribution in [2.45, 2.75) is 0 Å². The predicted molar refractivity (Wildman–Crippen MR) is 32.5 cm³/mol. The Hall–Kier alpha value is -1.18. The van der Waals surface area contributed by atoms with E-state index < -0.39 is 35.6 Å². The van der Waals surface area contributed by atoms with Crippen molar-refractivity contribution in [2.75, 3.05) is 5.72 Å². The summed E-state index contributed by atoms with van der Waals surface area (Å²) < 4.78 is 49.8. The molecule has 0 heterocycles. The van der Waals surface area contributed by atoms with Gasteiger partial charge in [-0.1, -0.05) is 12.1 Å². The number of aromatic hydroxyl groups is 1. The van der Waals surface area contributed by atoms with Crippen LogP contribution >= 0.6 is 0 Å². The van der Waals surface area contributed by atoms with E-state index in [1.165, 1.54) is 0 Å². The van der Waals surface area contributed by atoms with Crippen LogP contribution in [0.25, 0.3) is 0 Å². The quantitative estimate of drug-likeness (QED) is 0.447. The van der Waals surface area contributed by atoms with E-state index in [1.807, 2.05) is 0 Å². The number of benzene rings is 1. The van der Waals surface area contributed by atoms with Crippen LogP contribution in [0.15, 0.2) is 24.2 Å². The summed E-state index contributed by atoms with van der Waals surface area (Å²) in [5.41, 5.74) is -0.502. The molecule has 0 aliphatic carbocycles. The molecule has 0 radical (unpaired) electrons. The lowest BCUT2D eigenvalue weighted by Gasteiger charge is -1.92. The number of anilines is 1. The zero-order valence-electron chi connectivity index (χ0n) is 10.9. The Morgan fingerprint density at radius 3 is 3.38 bits per heavy atom. The van der Waals surface area contributed by atoms with E-state index in [0.29, 0.717) is 0 Å². The van der Waals surface area contributed by atoms with E-state index in [2.05, 4.69) is 5.11 Å². The average Bonchev–Trinajstić information content (AvgIpc) is 2.19. The predicted octanol–water partition coefficient (Wildman–Crippen LogP) is 0.974. The molecule has 1 aromatic carbocycles. The lowest BCUT2D eigenvalue weighted by atomic mass is 10.3. The van der Waals surface area contributed by atoms with Gasteiger partial charge >= 0.3 is 0 Å². The highest BCUT2D eigenvalue weighted by atomic mass is 16.3. The van der Waals surface area contributed by atoms with E-state index in [4.69, 9.17) is 9.74 Å². The Bertz CT molecular complexity index is 394. The molecule has 2 nitrogen and oxygen atoms in total. The molecule has 0 atom stereocenters. The SMILES string of the molecule is [2H]Oc1c([2H])c([2H])c([2H])c([2H])c1N([2H])[2H]. The van der Waals surface area contributed by atoms with Crippen molar-refractivity contribution in [3.05, 3.63) is 24.2 Å². The van der Waals surface area contributed by atoms with Crippen LogP contribution < -0.4 is 5.72 Å². The topological polar surface area (TPSA) is 46.2 Å². The molecule has 2 heteroatoms. The molecular formula is C6H7NO. The molecule has 3 N–H and O–H groups in total. The van der Waals surface area contributed by atoms with Gasteiger partial charge in [0.1, 0.15) is 5.75 Å². The highest BCUT2D eigenvalue weighted by Crippen LogP contribution is 2.16. The van der Waals surface area contributed by atoms with Crippen LogP contribution in [0, 0.1) is 0 Å². The Morgan fingerprint density at radius 2 is 2.62 bits per heavy atom. The van der Waals surface area contributed by atoms with E-state index >= 15 is 0 Å². The van der Waals surface area contributed by atoms with Crippen LogP contribution in [0.1, 0.15) is 5.48 Å². The van der Waals surface area contributed by atoms with Crippen LogP contribution in [0.5, 0.6) is 5.75 Å². The molecule has 0 saturated heterocycles. The van der Waals surface area contributed by atoms with Crippen LogP contribution in [0.4, 0.5) is 5.69 Å². The first kappa shape index (κ1) is 1.21. The van der Waals surface area contributed by atoms with Crippen molar-refractivity contribution >= 4 is 5.69 Å². The van der Waals surface area contributed by atoms with Crippen molar-refractivity contribution in [3.8, 4) is 5.75 Å². The lowest BCUT2D eigenvalue weighted by Crippen LogP contribution is -1.82. The lowest BCUT2D eigenvalue weighted by molar-refractivity contribution is 0.478. The van der Waals surface area contributed by atoms with Crippen LogP contribution in [0.2, 0.25) is 2.82 Å². The molecule has 0 aliphatic rings. The van der Waals surface area contributed by atoms with Crippen molar-refractivity contribution < 1.29 is 13.4 Å². The molecule has 0 aromatic heterocycles. The third-order valence-electron chi connectivity index (χ3n) is 0.635. The maximum atomic E-state index is 7.37. The minimum Gasteiger partial charge on any atom is -0.506 e. The standard InChI is InChI=1S/C6H7NO/c7-5-3-1-2-4-6(5)8/h1-4,8H,7H2/i1D,2D,3D,4D/hD3. The fourth-order valence-corrected chi connectivity index (χ4v) is 0.294. The Labute approximate surface area is 57.6 Å². The summed E-state index contributed by atoms with van der Waals surface area (Å²) in [7, 11) is 0. The summed E-state index contributed by atoms with van der Waals surface area (Å²) in [5, 5.41) is 4.01. The maximum Gasteiger partial charge on any atom is 0.293 e. The molecule has 0 spiro atoms. The zero-order valence-corrected chi connectivity index (χ0v) is 3.86. The Morgan fingerprint density at radius 1 is 1.75 bits per heavy atom.